The predicted molar refractivity (Wildman–Crippen MR) is 105 cm³/mol. The lowest BCUT2D eigenvalue weighted by Gasteiger charge is -2.20. The number of hydrogen-bond acceptors (Lipinski definition) is 4. The molecule has 1 aromatic heterocycles. The molecule has 1 unspecified atom stereocenters. The Labute approximate surface area is 153 Å². The zero-order chi connectivity index (χ0) is 18.1. The smallest absolute Gasteiger partial charge is 0.191 e. The Balaban J connectivity index is 1.91. The standard InChI is InChI=1S/C19H27N3O2S/c1-4-20-18(22-14-19(2,23)17-9-6-12-25-17)21-11-10-15-7-5-8-16(13-15)24-3/h5-9,12-13,23H,4,10-11,14H2,1-3H3,(H2,20,21,22). The fraction of sp³-hybridized carbons (Fsp3) is 0.421. The Morgan fingerprint density at radius 2 is 2.12 bits per heavy atom. The minimum absolute atomic E-state index is 0.308. The van der Waals surface area contributed by atoms with E-state index in [1.54, 1.807) is 25.4 Å². The number of nitrogens with zero attached hydrogens (tertiary/aromatic N) is 1. The van der Waals surface area contributed by atoms with Crippen molar-refractivity contribution in [1.82, 2.24) is 10.6 Å². The van der Waals surface area contributed by atoms with Crippen LogP contribution in [0.2, 0.25) is 0 Å². The normalized spacial score (nSPS) is 14.0. The van der Waals surface area contributed by atoms with E-state index in [9.17, 15) is 5.11 Å². The van der Waals surface area contributed by atoms with Crippen LogP contribution in [0.5, 0.6) is 5.75 Å². The summed E-state index contributed by atoms with van der Waals surface area (Å²) in [5, 5.41) is 19.1. The molecule has 1 aromatic carbocycles. The molecule has 0 aliphatic rings. The molecule has 1 atom stereocenters. The van der Waals surface area contributed by atoms with Gasteiger partial charge < -0.3 is 20.5 Å². The maximum atomic E-state index is 10.6. The van der Waals surface area contributed by atoms with E-state index in [1.807, 2.05) is 42.6 Å². The van der Waals surface area contributed by atoms with Crippen LogP contribution >= 0.6 is 11.3 Å². The average molecular weight is 362 g/mol. The summed E-state index contributed by atoms with van der Waals surface area (Å²) in [7, 11) is 1.67. The molecule has 3 N–H and O–H groups in total. The fourth-order valence-electron chi connectivity index (χ4n) is 2.39. The molecule has 1 heterocycles. The molecule has 0 amide bonds. The summed E-state index contributed by atoms with van der Waals surface area (Å²) in [6, 6.07) is 11.9. The summed E-state index contributed by atoms with van der Waals surface area (Å²) in [4.78, 5) is 5.45. The molecular weight excluding hydrogens is 334 g/mol. The summed E-state index contributed by atoms with van der Waals surface area (Å²) in [6.07, 6.45) is 0.864. The van der Waals surface area contributed by atoms with Crippen LogP contribution in [0.1, 0.15) is 24.3 Å². The van der Waals surface area contributed by atoms with Gasteiger partial charge in [-0.1, -0.05) is 18.2 Å². The molecular formula is C19H27N3O2S. The van der Waals surface area contributed by atoms with Crippen molar-refractivity contribution in [3.63, 3.8) is 0 Å². The molecule has 136 valence electrons. The number of methoxy groups -OCH3 is 1. The van der Waals surface area contributed by atoms with Crippen molar-refractivity contribution in [2.24, 2.45) is 4.99 Å². The van der Waals surface area contributed by atoms with Gasteiger partial charge in [-0.25, -0.2) is 4.99 Å². The first-order valence-corrected chi connectivity index (χ1v) is 9.34. The van der Waals surface area contributed by atoms with Crippen LogP contribution in [0.3, 0.4) is 0 Å². The minimum atomic E-state index is -0.955. The number of guanidine groups is 1. The third-order valence-electron chi connectivity index (χ3n) is 3.78. The van der Waals surface area contributed by atoms with Gasteiger partial charge in [0.05, 0.1) is 13.7 Å². The van der Waals surface area contributed by atoms with Gasteiger partial charge in [0.1, 0.15) is 11.4 Å². The van der Waals surface area contributed by atoms with Gasteiger partial charge in [-0.05, 0) is 49.4 Å². The lowest BCUT2D eigenvalue weighted by molar-refractivity contribution is 0.0711. The number of hydrogen-bond donors (Lipinski definition) is 3. The lowest BCUT2D eigenvalue weighted by atomic mass is 10.1. The van der Waals surface area contributed by atoms with Gasteiger partial charge in [0.15, 0.2) is 5.96 Å². The van der Waals surface area contributed by atoms with Gasteiger partial charge in [-0.3, -0.25) is 0 Å². The molecule has 0 spiro atoms. The Morgan fingerprint density at radius 1 is 1.28 bits per heavy atom. The summed E-state index contributed by atoms with van der Waals surface area (Å²) in [5.41, 5.74) is 0.247. The quantitative estimate of drug-likeness (QED) is 0.500. The van der Waals surface area contributed by atoms with Crippen LogP contribution in [0, 0.1) is 0 Å². The number of rotatable bonds is 8. The highest BCUT2D eigenvalue weighted by molar-refractivity contribution is 7.10. The Bertz CT molecular complexity index is 669. The van der Waals surface area contributed by atoms with Crippen molar-refractivity contribution < 1.29 is 9.84 Å². The van der Waals surface area contributed by atoms with Crippen molar-refractivity contribution in [1.29, 1.82) is 0 Å². The van der Waals surface area contributed by atoms with Crippen LogP contribution in [0.4, 0.5) is 0 Å². The summed E-state index contributed by atoms with van der Waals surface area (Å²) in [5.74, 6) is 1.58. The highest BCUT2D eigenvalue weighted by Gasteiger charge is 2.23. The zero-order valence-electron chi connectivity index (χ0n) is 15.1. The minimum Gasteiger partial charge on any atom is -0.497 e. The Hall–Kier alpha value is -2.05. The molecule has 0 bridgehead atoms. The van der Waals surface area contributed by atoms with Crippen molar-refractivity contribution in [3.05, 3.63) is 52.2 Å². The van der Waals surface area contributed by atoms with Gasteiger partial charge in [-0.15, -0.1) is 11.3 Å². The van der Waals surface area contributed by atoms with E-state index in [-0.39, 0.29) is 0 Å². The molecule has 0 aliphatic carbocycles. The lowest BCUT2D eigenvalue weighted by Crippen LogP contribution is -2.39. The Kier molecular flexibility index (Phi) is 7.28. The molecule has 0 radical (unpaired) electrons. The third-order valence-corrected chi connectivity index (χ3v) is 4.90. The molecule has 0 fully saturated rings. The summed E-state index contributed by atoms with van der Waals surface area (Å²) >= 11 is 1.54. The first-order chi connectivity index (χ1) is 12.0. The van der Waals surface area contributed by atoms with Crippen LogP contribution in [-0.4, -0.2) is 37.8 Å². The van der Waals surface area contributed by atoms with Crippen LogP contribution in [-0.2, 0) is 12.0 Å². The highest BCUT2D eigenvalue weighted by Crippen LogP contribution is 2.25. The topological polar surface area (TPSA) is 65.9 Å². The monoisotopic (exact) mass is 361 g/mol. The van der Waals surface area contributed by atoms with Gasteiger partial charge in [0.25, 0.3) is 0 Å². The molecule has 2 rings (SSSR count). The van der Waals surface area contributed by atoms with E-state index in [4.69, 9.17) is 4.74 Å². The second-order valence-electron chi connectivity index (χ2n) is 5.97. The second-order valence-corrected chi connectivity index (χ2v) is 6.92. The number of aliphatic hydroxyl groups is 1. The second kappa shape index (κ2) is 9.44. The van der Waals surface area contributed by atoms with Gasteiger partial charge in [-0.2, -0.15) is 0 Å². The molecule has 5 nitrogen and oxygen atoms in total. The first-order valence-electron chi connectivity index (χ1n) is 8.46. The SMILES string of the molecule is CCNC(=NCC(C)(O)c1cccs1)NCCc1cccc(OC)c1. The maximum absolute atomic E-state index is 10.6. The first kappa shape index (κ1) is 19.3. The maximum Gasteiger partial charge on any atom is 0.191 e. The van der Waals surface area contributed by atoms with Crippen molar-refractivity contribution >= 4 is 17.3 Å². The van der Waals surface area contributed by atoms with Crippen LogP contribution in [0.25, 0.3) is 0 Å². The molecule has 0 aliphatic heterocycles. The highest BCUT2D eigenvalue weighted by atomic mass is 32.1. The van der Waals surface area contributed by atoms with E-state index < -0.39 is 5.60 Å². The number of aliphatic imine (C=N–C) groups is 1. The number of benzene rings is 1. The third kappa shape index (κ3) is 6.07. The van der Waals surface area contributed by atoms with E-state index in [1.165, 1.54) is 5.56 Å². The van der Waals surface area contributed by atoms with Crippen molar-refractivity contribution in [3.8, 4) is 5.75 Å². The number of thiophene rings is 1. The average Bonchev–Trinajstić information content (AvgIpc) is 3.15. The van der Waals surface area contributed by atoms with E-state index in [0.29, 0.717) is 12.5 Å². The van der Waals surface area contributed by atoms with Crippen LogP contribution < -0.4 is 15.4 Å². The van der Waals surface area contributed by atoms with Crippen molar-refractivity contribution in [2.75, 3.05) is 26.7 Å². The summed E-state index contributed by atoms with van der Waals surface area (Å²) < 4.78 is 5.25. The molecule has 25 heavy (non-hydrogen) atoms. The number of nitrogens with one attached hydrogen (secondary N) is 2. The summed E-state index contributed by atoms with van der Waals surface area (Å²) in [6.45, 7) is 5.65. The largest absolute Gasteiger partial charge is 0.497 e. The van der Waals surface area contributed by atoms with E-state index in [2.05, 4.69) is 21.7 Å². The van der Waals surface area contributed by atoms with Crippen molar-refractivity contribution in [2.45, 2.75) is 25.9 Å². The molecule has 2 aromatic rings. The molecule has 6 heteroatoms. The van der Waals surface area contributed by atoms with Gasteiger partial charge in [0, 0.05) is 18.0 Å². The fourth-order valence-corrected chi connectivity index (χ4v) is 3.17. The zero-order valence-corrected chi connectivity index (χ0v) is 15.9. The van der Waals surface area contributed by atoms with E-state index in [0.717, 1.165) is 30.1 Å². The molecule has 0 saturated heterocycles. The van der Waals surface area contributed by atoms with E-state index >= 15 is 0 Å². The van der Waals surface area contributed by atoms with Crippen LogP contribution in [0.15, 0.2) is 46.8 Å². The number of ether oxygens (including phenoxy) is 1. The Morgan fingerprint density at radius 3 is 2.80 bits per heavy atom. The van der Waals surface area contributed by atoms with Gasteiger partial charge in [0.2, 0.25) is 0 Å². The predicted octanol–water partition coefficient (Wildman–Crippen LogP) is 2.76. The van der Waals surface area contributed by atoms with Gasteiger partial charge >= 0.3 is 0 Å². The molecule has 0 saturated carbocycles.